The normalized spacial score (nSPS) is 19.4. The van der Waals surface area contributed by atoms with Crippen molar-refractivity contribution in [3.8, 4) is 17.3 Å². The van der Waals surface area contributed by atoms with E-state index < -0.39 is 0 Å². The quantitative estimate of drug-likeness (QED) is 0.734. The number of hydrogen-bond acceptors (Lipinski definition) is 6. The molecule has 1 aromatic carbocycles. The smallest absolute Gasteiger partial charge is 0.320 e. The lowest BCUT2D eigenvalue weighted by Gasteiger charge is -2.19. The van der Waals surface area contributed by atoms with Gasteiger partial charge in [-0.15, -0.1) is 0 Å². The van der Waals surface area contributed by atoms with E-state index in [4.69, 9.17) is 15.5 Å². The van der Waals surface area contributed by atoms with E-state index in [0.717, 1.165) is 36.9 Å². The maximum atomic E-state index is 6.19. The van der Waals surface area contributed by atoms with E-state index in [-0.39, 0.29) is 0 Å². The van der Waals surface area contributed by atoms with Crippen LogP contribution in [0.5, 0.6) is 6.01 Å². The fourth-order valence-electron chi connectivity index (χ4n) is 4.61. The summed E-state index contributed by atoms with van der Waals surface area (Å²) in [6.45, 7) is 1.69. The van der Waals surface area contributed by atoms with Gasteiger partial charge in [-0.25, -0.2) is 4.98 Å². The number of rotatable bonds is 4. The van der Waals surface area contributed by atoms with Crippen molar-refractivity contribution in [1.82, 2.24) is 19.9 Å². The van der Waals surface area contributed by atoms with Gasteiger partial charge >= 0.3 is 6.01 Å². The number of nitrogens with zero attached hydrogens (tertiary/aromatic N) is 4. The average Bonchev–Trinajstić information content (AvgIpc) is 3.16. The van der Waals surface area contributed by atoms with Crippen LogP contribution >= 0.6 is 0 Å². The van der Waals surface area contributed by atoms with Gasteiger partial charge in [0.2, 0.25) is 0 Å². The number of benzene rings is 1. The van der Waals surface area contributed by atoms with Gasteiger partial charge in [0.25, 0.3) is 0 Å². The number of aromatic nitrogens is 3. The Morgan fingerprint density at radius 3 is 2.83 bits per heavy atom. The highest BCUT2D eigenvalue weighted by molar-refractivity contribution is 5.87. The van der Waals surface area contributed by atoms with Crippen molar-refractivity contribution in [2.75, 3.05) is 25.9 Å². The Labute approximate surface area is 171 Å². The lowest BCUT2D eigenvalue weighted by molar-refractivity contribution is 0.188. The van der Waals surface area contributed by atoms with Crippen molar-refractivity contribution < 1.29 is 4.74 Å². The highest BCUT2D eigenvalue weighted by atomic mass is 16.5. The van der Waals surface area contributed by atoms with Crippen molar-refractivity contribution in [2.45, 2.75) is 44.6 Å². The largest absolute Gasteiger partial charge is 0.462 e. The molecule has 1 aliphatic carbocycles. The van der Waals surface area contributed by atoms with Crippen LogP contribution in [0.2, 0.25) is 0 Å². The summed E-state index contributed by atoms with van der Waals surface area (Å²) in [7, 11) is 2.13. The Bertz CT molecular complexity index is 1050. The summed E-state index contributed by atoms with van der Waals surface area (Å²) in [5, 5.41) is 0.767. The zero-order valence-electron chi connectivity index (χ0n) is 16.9. The standard InChI is InChI=1S/C23H27N5O/c1-28-13-5-8-16(28)14-29-23-26-21(24)19-11-12-20(25-22(19)27-23)18-10-4-7-15-6-2-3-9-17(15)18/h4,7,10-12,16H,2-3,5-6,8-9,13-14H2,1H3,(H2,24,25,26,27)/t16-/m0/s1. The van der Waals surface area contributed by atoms with Gasteiger partial charge in [-0.2, -0.15) is 9.97 Å². The van der Waals surface area contributed by atoms with E-state index in [1.54, 1.807) is 0 Å². The molecule has 0 spiro atoms. The molecule has 1 fully saturated rings. The van der Waals surface area contributed by atoms with Crippen molar-refractivity contribution in [2.24, 2.45) is 0 Å². The van der Waals surface area contributed by atoms with Crippen LogP contribution in [0.3, 0.4) is 0 Å². The summed E-state index contributed by atoms with van der Waals surface area (Å²) in [4.78, 5) is 16.1. The van der Waals surface area contributed by atoms with Gasteiger partial charge in [0, 0.05) is 11.6 Å². The number of aryl methyl sites for hydroxylation is 1. The van der Waals surface area contributed by atoms with E-state index in [1.165, 1.54) is 36.0 Å². The summed E-state index contributed by atoms with van der Waals surface area (Å²) >= 11 is 0. The maximum absolute atomic E-state index is 6.19. The Kier molecular flexibility index (Phi) is 4.79. The van der Waals surface area contributed by atoms with E-state index >= 15 is 0 Å². The zero-order chi connectivity index (χ0) is 19.8. The number of pyridine rings is 1. The number of ether oxygens (including phenoxy) is 1. The molecule has 5 rings (SSSR count). The first-order chi connectivity index (χ1) is 14.2. The molecular formula is C23H27N5O. The Morgan fingerprint density at radius 2 is 1.97 bits per heavy atom. The van der Waals surface area contributed by atoms with Crippen LogP contribution in [0.15, 0.2) is 30.3 Å². The van der Waals surface area contributed by atoms with Gasteiger partial charge in [0.05, 0.1) is 11.1 Å². The SMILES string of the molecule is CN1CCC[C@H]1COc1nc(N)c2ccc(-c3cccc4c3CCCC4)nc2n1. The van der Waals surface area contributed by atoms with Crippen LogP contribution < -0.4 is 10.5 Å². The average molecular weight is 390 g/mol. The number of anilines is 1. The van der Waals surface area contributed by atoms with E-state index in [2.05, 4.69) is 40.1 Å². The summed E-state index contributed by atoms with van der Waals surface area (Å²) < 4.78 is 5.90. The predicted molar refractivity (Wildman–Crippen MR) is 115 cm³/mol. The van der Waals surface area contributed by atoms with Crippen molar-refractivity contribution >= 4 is 16.9 Å². The van der Waals surface area contributed by atoms with E-state index in [9.17, 15) is 0 Å². The summed E-state index contributed by atoms with van der Waals surface area (Å²) in [5.41, 5.74) is 11.8. The molecule has 0 amide bonds. The third-order valence-corrected chi connectivity index (χ3v) is 6.32. The number of hydrogen-bond donors (Lipinski definition) is 1. The molecule has 3 aromatic rings. The fourth-order valence-corrected chi connectivity index (χ4v) is 4.61. The minimum atomic E-state index is 0.315. The molecule has 0 saturated carbocycles. The number of likely N-dealkylation sites (N-methyl/N-ethyl adjacent to an activating group) is 1. The van der Waals surface area contributed by atoms with Crippen molar-refractivity contribution in [3.63, 3.8) is 0 Å². The molecule has 29 heavy (non-hydrogen) atoms. The topological polar surface area (TPSA) is 77.2 Å². The first-order valence-corrected chi connectivity index (χ1v) is 10.6. The summed E-state index contributed by atoms with van der Waals surface area (Å²) in [5.74, 6) is 0.416. The Balaban J connectivity index is 1.48. The predicted octanol–water partition coefficient (Wildman–Crippen LogP) is 3.63. The Morgan fingerprint density at radius 1 is 1.07 bits per heavy atom. The first kappa shape index (κ1) is 18.3. The monoisotopic (exact) mass is 389 g/mol. The molecule has 0 radical (unpaired) electrons. The lowest BCUT2D eigenvalue weighted by atomic mass is 9.87. The molecule has 2 N–H and O–H groups in total. The van der Waals surface area contributed by atoms with Gasteiger partial charge in [0.15, 0.2) is 5.65 Å². The molecule has 6 nitrogen and oxygen atoms in total. The lowest BCUT2D eigenvalue weighted by Crippen LogP contribution is -2.30. The van der Waals surface area contributed by atoms with Crippen LogP contribution in [0, 0.1) is 0 Å². The van der Waals surface area contributed by atoms with Gasteiger partial charge in [-0.3, -0.25) is 0 Å². The molecule has 0 bridgehead atoms. The van der Waals surface area contributed by atoms with Gasteiger partial charge in [0.1, 0.15) is 12.4 Å². The molecule has 1 saturated heterocycles. The molecule has 1 atom stereocenters. The molecule has 3 heterocycles. The third-order valence-electron chi connectivity index (χ3n) is 6.32. The highest BCUT2D eigenvalue weighted by Crippen LogP contribution is 2.32. The molecule has 6 heteroatoms. The maximum Gasteiger partial charge on any atom is 0.320 e. The Hall–Kier alpha value is -2.73. The second-order valence-electron chi connectivity index (χ2n) is 8.20. The van der Waals surface area contributed by atoms with Crippen LogP contribution in [0.25, 0.3) is 22.3 Å². The molecular weight excluding hydrogens is 362 g/mol. The zero-order valence-corrected chi connectivity index (χ0v) is 16.9. The first-order valence-electron chi connectivity index (χ1n) is 10.6. The molecule has 1 aliphatic heterocycles. The number of nitrogens with two attached hydrogens (primary N) is 1. The fraction of sp³-hybridized carbons (Fsp3) is 0.435. The van der Waals surface area contributed by atoms with Gasteiger partial charge in [-0.1, -0.05) is 18.2 Å². The number of nitrogen functional groups attached to an aromatic ring is 1. The van der Waals surface area contributed by atoms with Crippen molar-refractivity contribution in [3.05, 3.63) is 41.5 Å². The third kappa shape index (κ3) is 3.53. The summed E-state index contributed by atoms with van der Waals surface area (Å²) in [6.07, 6.45) is 7.11. The minimum Gasteiger partial charge on any atom is -0.462 e. The molecule has 150 valence electrons. The second-order valence-corrected chi connectivity index (χ2v) is 8.20. The number of fused-ring (bicyclic) bond motifs is 2. The van der Waals surface area contributed by atoms with Crippen LogP contribution in [0.4, 0.5) is 5.82 Å². The van der Waals surface area contributed by atoms with Crippen LogP contribution in [0.1, 0.15) is 36.8 Å². The second kappa shape index (κ2) is 7.59. The number of likely N-dealkylation sites (tertiary alicyclic amines) is 1. The van der Waals surface area contributed by atoms with Gasteiger partial charge in [-0.05, 0) is 75.4 Å². The van der Waals surface area contributed by atoms with Gasteiger partial charge < -0.3 is 15.4 Å². The van der Waals surface area contributed by atoms with Crippen LogP contribution in [-0.2, 0) is 12.8 Å². The van der Waals surface area contributed by atoms with E-state index in [1.807, 2.05) is 12.1 Å². The van der Waals surface area contributed by atoms with Crippen LogP contribution in [-0.4, -0.2) is 46.1 Å². The minimum absolute atomic E-state index is 0.315. The molecule has 2 aliphatic rings. The summed E-state index contributed by atoms with van der Waals surface area (Å²) in [6, 6.07) is 11.3. The molecule has 2 aromatic heterocycles. The molecule has 0 unspecified atom stereocenters. The van der Waals surface area contributed by atoms with Crippen molar-refractivity contribution in [1.29, 1.82) is 0 Å². The van der Waals surface area contributed by atoms with E-state index in [0.29, 0.717) is 30.1 Å². The highest BCUT2D eigenvalue weighted by Gasteiger charge is 2.22.